The van der Waals surface area contributed by atoms with Crippen molar-refractivity contribution in [3.63, 3.8) is 0 Å². The van der Waals surface area contributed by atoms with Crippen molar-refractivity contribution >= 4 is 17.4 Å². The van der Waals surface area contributed by atoms with E-state index in [4.69, 9.17) is 9.72 Å². The molecular formula is C24H30F3N3O2S. The van der Waals surface area contributed by atoms with Crippen LogP contribution in [0.15, 0.2) is 29.6 Å². The lowest BCUT2D eigenvalue weighted by atomic mass is 9.84. The highest BCUT2D eigenvalue weighted by molar-refractivity contribution is 7.09. The fraction of sp³-hybridized carbons (Fsp3) is 0.583. The van der Waals surface area contributed by atoms with Crippen molar-refractivity contribution in [1.29, 1.82) is 0 Å². The second-order valence-corrected chi connectivity index (χ2v) is 10.7. The minimum Gasteiger partial charge on any atom is -0.378 e. The summed E-state index contributed by atoms with van der Waals surface area (Å²) >= 11 is 1.60. The quantitative estimate of drug-likeness (QED) is 0.570. The van der Waals surface area contributed by atoms with E-state index in [0.29, 0.717) is 39.4 Å². The average Bonchev–Trinajstić information content (AvgIpc) is 3.29. The molecule has 2 aromatic rings. The second kappa shape index (κ2) is 9.25. The summed E-state index contributed by atoms with van der Waals surface area (Å²) in [5.74, 6) is -0.0184. The van der Waals surface area contributed by atoms with Gasteiger partial charge in [-0.3, -0.25) is 0 Å². The number of nitrogens with zero attached hydrogens (tertiary/aromatic N) is 3. The zero-order valence-corrected chi connectivity index (χ0v) is 20.0. The van der Waals surface area contributed by atoms with E-state index >= 15 is 0 Å². The smallest absolute Gasteiger partial charge is 0.378 e. The van der Waals surface area contributed by atoms with Crippen molar-refractivity contribution in [3.05, 3.63) is 51.5 Å². The third-order valence-electron chi connectivity index (χ3n) is 6.35. The van der Waals surface area contributed by atoms with Crippen molar-refractivity contribution < 1.29 is 22.7 Å². The Morgan fingerprint density at radius 3 is 2.24 bits per heavy atom. The van der Waals surface area contributed by atoms with E-state index in [1.54, 1.807) is 28.4 Å². The molecule has 0 aliphatic carbocycles. The first-order valence-electron chi connectivity index (χ1n) is 11.3. The van der Waals surface area contributed by atoms with Crippen LogP contribution in [-0.4, -0.2) is 60.2 Å². The van der Waals surface area contributed by atoms with Crippen molar-refractivity contribution in [1.82, 2.24) is 14.8 Å². The van der Waals surface area contributed by atoms with Gasteiger partial charge >= 0.3 is 12.2 Å². The van der Waals surface area contributed by atoms with Gasteiger partial charge in [-0.05, 0) is 24.1 Å². The molecule has 2 amide bonds. The van der Waals surface area contributed by atoms with Gasteiger partial charge in [0.15, 0.2) is 0 Å². The number of benzene rings is 1. The van der Waals surface area contributed by atoms with Crippen molar-refractivity contribution in [2.45, 2.75) is 50.6 Å². The first-order valence-corrected chi connectivity index (χ1v) is 12.1. The summed E-state index contributed by atoms with van der Waals surface area (Å²) in [6, 6.07) is 5.33. The maximum atomic E-state index is 13.3. The van der Waals surface area contributed by atoms with Gasteiger partial charge in [-0.2, -0.15) is 13.2 Å². The van der Waals surface area contributed by atoms with E-state index in [1.807, 2.05) is 4.90 Å². The molecule has 33 heavy (non-hydrogen) atoms. The summed E-state index contributed by atoms with van der Waals surface area (Å²) in [6.07, 6.45) is -3.62. The molecule has 5 nitrogen and oxygen atoms in total. The van der Waals surface area contributed by atoms with Gasteiger partial charge in [0.2, 0.25) is 0 Å². The predicted octanol–water partition coefficient (Wildman–Crippen LogP) is 5.48. The first-order chi connectivity index (χ1) is 15.5. The summed E-state index contributed by atoms with van der Waals surface area (Å²) in [6.45, 7) is 9.54. The Balaban J connectivity index is 1.60. The molecule has 0 spiro atoms. The second-order valence-electron chi connectivity index (χ2n) is 9.86. The van der Waals surface area contributed by atoms with Gasteiger partial charge in [-0.15, -0.1) is 11.3 Å². The molecule has 3 heterocycles. The number of urea groups is 1. The topological polar surface area (TPSA) is 45.7 Å². The van der Waals surface area contributed by atoms with Crippen LogP contribution in [0.4, 0.5) is 18.0 Å². The Hall–Kier alpha value is -2.13. The van der Waals surface area contributed by atoms with Gasteiger partial charge in [-0.1, -0.05) is 32.9 Å². The number of thiazole rings is 1. The molecule has 1 aromatic carbocycles. The standard InChI is InChI=1S/C24H30F3N3O2S/c1-23(2,3)20-15-33-21(28-20)18-12-17(16-4-6-19(7-5-16)24(25,26)27)13-30(14-18)22(31)29-8-10-32-11-9-29/h4-7,15,17-18H,8-14H2,1-3H3. The SMILES string of the molecule is CC(C)(C)c1csc(C2CC(c3ccc(C(F)(F)F)cc3)CN(C(=O)N3CCOCC3)C2)n1. The highest BCUT2D eigenvalue weighted by Gasteiger charge is 2.36. The zero-order chi connectivity index (χ0) is 23.8. The molecule has 4 rings (SSSR count). The maximum absolute atomic E-state index is 13.3. The summed E-state index contributed by atoms with van der Waals surface area (Å²) in [5.41, 5.74) is 1.11. The molecule has 0 saturated carbocycles. The molecule has 2 aliphatic heterocycles. The van der Waals surface area contributed by atoms with E-state index < -0.39 is 11.7 Å². The largest absolute Gasteiger partial charge is 0.416 e. The van der Waals surface area contributed by atoms with Gasteiger partial charge in [0.05, 0.1) is 29.5 Å². The third-order valence-corrected chi connectivity index (χ3v) is 7.36. The molecule has 2 atom stereocenters. The summed E-state index contributed by atoms with van der Waals surface area (Å²) in [4.78, 5) is 21.8. The lowest BCUT2D eigenvalue weighted by Gasteiger charge is -2.40. The fourth-order valence-corrected chi connectivity index (χ4v) is 5.55. The molecule has 0 N–H and O–H groups in total. The molecule has 2 fully saturated rings. The number of piperidine rings is 1. The molecular weight excluding hydrogens is 451 g/mol. The minimum absolute atomic E-state index is 0.0347. The van der Waals surface area contributed by atoms with E-state index in [-0.39, 0.29) is 23.3 Å². The highest BCUT2D eigenvalue weighted by atomic mass is 32.1. The van der Waals surface area contributed by atoms with Crippen LogP contribution in [0.25, 0.3) is 0 Å². The van der Waals surface area contributed by atoms with Crippen LogP contribution in [0.2, 0.25) is 0 Å². The summed E-state index contributed by atoms with van der Waals surface area (Å²) in [7, 11) is 0. The molecule has 180 valence electrons. The van der Waals surface area contributed by atoms with Crippen LogP contribution in [0.3, 0.4) is 0 Å². The van der Waals surface area contributed by atoms with Gasteiger partial charge in [0.25, 0.3) is 0 Å². The van der Waals surface area contributed by atoms with Crippen LogP contribution in [0, 0.1) is 0 Å². The maximum Gasteiger partial charge on any atom is 0.416 e. The number of morpholine rings is 1. The number of alkyl halides is 3. The predicted molar refractivity (Wildman–Crippen MR) is 122 cm³/mol. The number of aromatic nitrogens is 1. The van der Waals surface area contributed by atoms with Gasteiger partial charge in [-0.25, -0.2) is 9.78 Å². The number of hydrogen-bond acceptors (Lipinski definition) is 4. The molecule has 0 bridgehead atoms. The van der Waals surface area contributed by atoms with E-state index in [0.717, 1.165) is 34.8 Å². The molecule has 2 saturated heterocycles. The van der Waals surface area contributed by atoms with Crippen molar-refractivity contribution in [2.24, 2.45) is 0 Å². The Morgan fingerprint density at radius 2 is 1.67 bits per heavy atom. The number of hydrogen-bond donors (Lipinski definition) is 0. The lowest BCUT2D eigenvalue weighted by molar-refractivity contribution is -0.137. The Morgan fingerprint density at radius 1 is 1.03 bits per heavy atom. The number of amides is 2. The normalized spacial score (nSPS) is 22.5. The molecule has 2 unspecified atom stereocenters. The van der Waals surface area contributed by atoms with Crippen molar-refractivity contribution in [3.8, 4) is 0 Å². The van der Waals surface area contributed by atoms with Crippen molar-refractivity contribution in [2.75, 3.05) is 39.4 Å². The van der Waals surface area contributed by atoms with Crippen LogP contribution in [0.1, 0.15) is 60.9 Å². The lowest BCUT2D eigenvalue weighted by Crippen LogP contribution is -2.52. The molecule has 1 aromatic heterocycles. The van der Waals surface area contributed by atoms with E-state index in [2.05, 4.69) is 26.2 Å². The third kappa shape index (κ3) is 5.51. The summed E-state index contributed by atoms with van der Waals surface area (Å²) in [5, 5.41) is 3.06. The number of rotatable bonds is 2. The van der Waals surface area contributed by atoms with Crippen LogP contribution in [-0.2, 0) is 16.3 Å². The monoisotopic (exact) mass is 481 g/mol. The molecule has 9 heteroatoms. The first kappa shape index (κ1) is 24.0. The Bertz CT molecular complexity index is 963. The van der Waals surface area contributed by atoms with E-state index in [9.17, 15) is 18.0 Å². The number of carbonyl (C=O) groups is 1. The summed E-state index contributed by atoms with van der Waals surface area (Å²) < 4.78 is 44.5. The van der Waals surface area contributed by atoms with Crippen LogP contribution in [0.5, 0.6) is 0 Å². The average molecular weight is 482 g/mol. The molecule has 0 radical (unpaired) electrons. The van der Waals surface area contributed by atoms with Gasteiger partial charge in [0.1, 0.15) is 0 Å². The molecule has 2 aliphatic rings. The number of ether oxygens (including phenoxy) is 1. The number of halogens is 3. The number of carbonyl (C=O) groups excluding carboxylic acids is 1. The number of likely N-dealkylation sites (tertiary alicyclic amines) is 1. The van der Waals surface area contributed by atoms with Crippen LogP contribution < -0.4 is 0 Å². The van der Waals surface area contributed by atoms with E-state index in [1.165, 1.54) is 0 Å². The fourth-order valence-electron chi connectivity index (χ4n) is 4.39. The Kier molecular flexibility index (Phi) is 6.73. The van der Waals surface area contributed by atoms with Gasteiger partial charge < -0.3 is 14.5 Å². The Labute approximate surface area is 196 Å². The van der Waals surface area contributed by atoms with Crippen LogP contribution >= 0.6 is 11.3 Å². The van der Waals surface area contributed by atoms with Gasteiger partial charge in [0, 0.05) is 48.8 Å². The minimum atomic E-state index is -4.36. The zero-order valence-electron chi connectivity index (χ0n) is 19.2. The highest BCUT2D eigenvalue weighted by Crippen LogP contribution is 2.39.